The number of anilines is 1. The standard InChI is InChI=1S/C21H22Cl2N6O2S/c1-11-12(2)26-27(4)20(30)16(11)19-25-13(3)17(32-19)21(31)29-7-5-28(6-8-29)18-15(23)9-14(22)10-24-18/h9-10H,5-8H2,1-4H3. The lowest BCUT2D eigenvalue weighted by Gasteiger charge is -2.35. The molecule has 0 aliphatic carbocycles. The van der Waals surface area contributed by atoms with Crippen LogP contribution in [0.4, 0.5) is 5.82 Å². The summed E-state index contributed by atoms with van der Waals surface area (Å²) in [5.41, 5.74) is 2.44. The first kappa shape index (κ1) is 22.7. The Morgan fingerprint density at radius 3 is 2.44 bits per heavy atom. The molecule has 1 aliphatic rings. The van der Waals surface area contributed by atoms with Crippen molar-refractivity contribution in [3.63, 3.8) is 0 Å². The van der Waals surface area contributed by atoms with Crippen molar-refractivity contribution < 1.29 is 4.79 Å². The van der Waals surface area contributed by atoms with Crippen LogP contribution in [0.2, 0.25) is 10.0 Å². The molecule has 11 heteroatoms. The Labute approximate surface area is 199 Å². The molecule has 8 nitrogen and oxygen atoms in total. The minimum atomic E-state index is -0.221. The Hall–Kier alpha value is -2.49. The fourth-order valence-corrected chi connectivity index (χ4v) is 5.33. The summed E-state index contributed by atoms with van der Waals surface area (Å²) in [7, 11) is 1.62. The number of carbonyl (C=O) groups is 1. The second-order valence-corrected chi connectivity index (χ2v) is 9.53. The van der Waals surface area contributed by atoms with Crippen LogP contribution in [0.15, 0.2) is 17.1 Å². The maximum absolute atomic E-state index is 13.2. The topological polar surface area (TPSA) is 84.2 Å². The van der Waals surface area contributed by atoms with Gasteiger partial charge in [-0.1, -0.05) is 23.2 Å². The predicted octanol–water partition coefficient (Wildman–Crippen LogP) is 3.49. The van der Waals surface area contributed by atoms with E-state index in [-0.39, 0.29) is 11.5 Å². The van der Waals surface area contributed by atoms with Gasteiger partial charge in [-0.05, 0) is 32.4 Å². The molecule has 1 amide bonds. The summed E-state index contributed by atoms with van der Waals surface area (Å²) in [5, 5.41) is 5.74. The number of aromatic nitrogens is 4. The number of rotatable bonds is 3. The average molecular weight is 493 g/mol. The Morgan fingerprint density at radius 2 is 1.78 bits per heavy atom. The highest BCUT2D eigenvalue weighted by Gasteiger charge is 2.28. The summed E-state index contributed by atoms with van der Waals surface area (Å²) >= 11 is 13.5. The number of nitrogens with zero attached hydrogens (tertiary/aromatic N) is 6. The number of halogens is 2. The first-order valence-corrected chi connectivity index (χ1v) is 11.6. The van der Waals surface area contributed by atoms with Gasteiger partial charge in [0.25, 0.3) is 11.5 Å². The lowest BCUT2D eigenvalue weighted by atomic mass is 10.1. The van der Waals surface area contributed by atoms with Crippen molar-refractivity contribution in [2.75, 3.05) is 31.1 Å². The highest BCUT2D eigenvalue weighted by Crippen LogP contribution is 2.31. The van der Waals surface area contributed by atoms with E-state index in [1.54, 1.807) is 31.1 Å². The van der Waals surface area contributed by atoms with E-state index in [9.17, 15) is 9.59 Å². The van der Waals surface area contributed by atoms with E-state index in [1.165, 1.54) is 16.0 Å². The van der Waals surface area contributed by atoms with Crippen molar-refractivity contribution >= 4 is 46.3 Å². The minimum Gasteiger partial charge on any atom is -0.352 e. The first-order chi connectivity index (χ1) is 15.2. The molecule has 168 valence electrons. The van der Waals surface area contributed by atoms with Crippen molar-refractivity contribution in [3.8, 4) is 10.6 Å². The van der Waals surface area contributed by atoms with Gasteiger partial charge >= 0.3 is 0 Å². The molecule has 4 heterocycles. The van der Waals surface area contributed by atoms with E-state index in [0.29, 0.717) is 63.2 Å². The van der Waals surface area contributed by atoms with Crippen LogP contribution in [-0.4, -0.2) is 56.7 Å². The number of aryl methyl sites for hydroxylation is 3. The molecule has 1 aliphatic heterocycles. The molecule has 3 aromatic rings. The SMILES string of the molecule is Cc1nc(-c2c(C)c(C)nn(C)c2=O)sc1C(=O)N1CCN(c2ncc(Cl)cc2Cl)CC1. The Balaban J connectivity index is 1.55. The molecule has 0 saturated carbocycles. The van der Waals surface area contributed by atoms with Crippen molar-refractivity contribution in [2.45, 2.75) is 20.8 Å². The Bertz CT molecular complexity index is 1260. The monoisotopic (exact) mass is 492 g/mol. The number of thiazole rings is 1. The third-order valence-electron chi connectivity index (χ3n) is 5.58. The normalized spacial score (nSPS) is 14.2. The molecular weight excluding hydrogens is 471 g/mol. The van der Waals surface area contributed by atoms with E-state index in [2.05, 4.69) is 15.1 Å². The van der Waals surface area contributed by atoms with Gasteiger partial charge in [0.05, 0.1) is 27.0 Å². The summed E-state index contributed by atoms with van der Waals surface area (Å²) in [6.07, 6.45) is 1.57. The largest absolute Gasteiger partial charge is 0.352 e. The molecule has 0 N–H and O–H groups in total. The van der Waals surface area contributed by atoms with E-state index < -0.39 is 0 Å². The molecule has 3 aromatic heterocycles. The summed E-state index contributed by atoms with van der Waals surface area (Å²) < 4.78 is 1.31. The summed E-state index contributed by atoms with van der Waals surface area (Å²) in [6, 6.07) is 1.66. The van der Waals surface area contributed by atoms with Crippen molar-refractivity contribution in [1.29, 1.82) is 0 Å². The number of hydrogen-bond acceptors (Lipinski definition) is 7. The molecule has 0 radical (unpaired) electrons. The van der Waals surface area contributed by atoms with Gasteiger partial charge in [0.2, 0.25) is 0 Å². The third kappa shape index (κ3) is 4.12. The van der Waals surface area contributed by atoms with Crippen LogP contribution < -0.4 is 10.5 Å². The van der Waals surface area contributed by atoms with Crippen molar-refractivity contribution in [2.24, 2.45) is 7.05 Å². The van der Waals surface area contributed by atoms with Gasteiger partial charge in [-0.15, -0.1) is 11.3 Å². The van der Waals surface area contributed by atoms with E-state index in [1.807, 2.05) is 18.7 Å². The molecule has 0 spiro atoms. The molecule has 0 bridgehead atoms. The van der Waals surface area contributed by atoms with Gasteiger partial charge in [0.1, 0.15) is 15.7 Å². The Morgan fingerprint density at radius 1 is 1.09 bits per heavy atom. The predicted molar refractivity (Wildman–Crippen MR) is 127 cm³/mol. The van der Waals surface area contributed by atoms with Crippen LogP contribution in [0.5, 0.6) is 0 Å². The lowest BCUT2D eigenvalue weighted by Crippen LogP contribution is -2.49. The first-order valence-electron chi connectivity index (χ1n) is 10.0. The number of hydrogen-bond donors (Lipinski definition) is 0. The fourth-order valence-electron chi connectivity index (χ4n) is 3.71. The molecule has 0 unspecified atom stereocenters. The molecule has 4 rings (SSSR count). The van der Waals surface area contributed by atoms with Crippen LogP contribution in [-0.2, 0) is 7.05 Å². The smallest absolute Gasteiger partial charge is 0.277 e. The van der Waals surface area contributed by atoms with Crippen LogP contribution in [0.25, 0.3) is 10.6 Å². The quantitative estimate of drug-likeness (QED) is 0.556. The highest BCUT2D eigenvalue weighted by atomic mass is 35.5. The number of amides is 1. The van der Waals surface area contributed by atoms with Crippen LogP contribution >= 0.6 is 34.5 Å². The van der Waals surface area contributed by atoms with Crippen molar-refractivity contribution in [1.82, 2.24) is 24.6 Å². The highest BCUT2D eigenvalue weighted by molar-refractivity contribution is 7.17. The van der Waals surface area contributed by atoms with Crippen LogP contribution in [0.1, 0.15) is 26.6 Å². The summed E-state index contributed by atoms with van der Waals surface area (Å²) in [6.45, 7) is 7.78. The van der Waals surface area contributed by atoms with Crippen LogP contribution in [0.3, 0.4) is 0 Å². The maximum Gasteiger partial charge on any atom is 0.277 e. The molecule has 1 fully saturated rings. The van der Waals surface area contributed by atoms with Gasteiger partial charge in [-0.3, -0.25) is 9.59 Å². The van der Waals surface area contributed by atoms with Gasteiger partial charge in [0, 0.05) is 39.4 Å². The molecular formula is C21H22Cl2N6O2S. The second kappa shape index (κ2) is 8.80. The van der Waals surface area contributed by atoms with Gasteiger partial charge < -0.3 is 9.80 Å². The average Bonchev–Trinajstić information content (AvgIpc) is 3.13. The molecule has 32 heavy (non-hydrogen) atoms. The van der Waals surface area contributed by atoms with Gasteiger partial charge in [-0.2, -0.15) is 5.10 Å². The number of pyridine rings is 1. The second-order valence-electron chi connectivity index (χ2n) is 7.69. The van der Waals surface area contributed by atoms with Crippen LogP contribution in [0, 0.1) is 20.8 Å². The lowest BCUT2D eigenvalue weighted by molar-refractivity contribution is 0.0750. The van der Waals surface area contributed by atoms with Gasteiger partial charge in [0.15, 0.2) is 0 Å². The zero-order chi connectivity index (χ0) is 23.2. The number of piperazine rings is 1. The molecule has 0 atom stereocenters. The fraction of sp³-hybridized carbons (Fsp3) is 0.381. The van der Waals surface area contributed by atoms with Gasteiger partial charge in [-0.25, -0.2) is 14.6 Å². The van der Waals surface area contributed by atoms with E-state index >= 15 is 0 Å². The molecule has 1 saturated heterocycles. The third-order valence-corrected chi connectivity index (χ3v) is 7.23. The zero-order valence-corrected chi connectivity index (χ0v) is 20.5. The summed E-state index contributed by atoms with van der Waals surface area (Å²) in [4.78, 5) is 39.2. The minimum absolute atomic E-state index is 0.0821. The number of carbonyl (C=O) groups excluding carboxylic acids is 1. The Kier molecular flexibility index (Phi) is 6.24. The van der Waals surface area contributed by atoms with E-state index in [4.69, 9.17) is 23.2 Å². The maximum atomic E-state index is 13.2. The van der Waals surface area contributed by atoms with Crippen molar-refractivity contribution in [3.05, 3.63) is 54.5 Å². The molecule has 0 aromatic carbocycles. The zero-order valence-electron chi connectivity index (χ0n) is 18.1. The summed E-state index contributed by atoms with van der Waals surface area (Å²) in [5.74, 6) is 0.583. The van der Waals surface area contributed by atoms with E-state index in [0.717, 1.165) is 11.3 Å².